The quantitative estimate of drug-likeness (QED) is 0.243. The number of anilines is 2. The van der Waals surface area contributed by atoms with E-state index in [-0.39, 0.29) is 28.4 Å². The van der Waals surface area contributed by atoms with E-state index in [1.807, 2.05) is 37.7 Å². The molecule has 3 atom stereocenters. The lowest BCUT2D eigenvalue weighted by molar-refractivity contribution is 0.0980. The molecule has 4 aromatic rings. The molecule has 214 valence electrons. The Bertz CT molecular complexity index is 1740. The summed E-state index contributed by atoms with van der Waals surface area (Å²) in [5.74, 6) is 1.67. The van der Waals surface area contributed by atoms with Crippen molar-refractivity contribution in [1.29, 1.82) is 0 Å². The van der Waals surface area contributed by atoms with Crippen LogP contribution >= 0.6 is 23.5 Å². The van der Waals surface area contributed by atoms with Crippen LogP contribution in [0.1, 0.15) is 51.9 Å². The predicted molar refractivity (Wildman–Crippen MR) is 162 cm³/mol. The number of aromatic nitrogens is 6. The third-order valence-electron chi connectivity index (χ3n) is 8.38. The monoisotopic (exact) mass is 593 g/mol. The first-order valence-electron chi connectivity index (χ1n) is 13.5. The van der Waals surface area contributed by atoms with E-state index in [4.69, 9.17) is 16.6 Å². The molecule has 13 heteroatoms. The van der Waals surface area contributed by atoms with Gasteiger partial charge in [-0.05, 0) is 56.4 Å². The van der Waals surface area contributed by atoms with Gasteiger partial charge in [-0.2, -0.15) is 0 Å². The lowest BCUT2D eigenvalue weighted by Gasteiger charge is -2.25. The van der Waals surface area contributed by atoms with Crippen LogP contribution in [-0.4, -0.2) is 54.8 Å². The van der Waals surface area contributed by atoms with Crippen molar-refractivity contribution in [3.63, 3.8) is 0 Å². The maximum Gasteiger partial charge on any atom is 0.281 e. The molecular formula is C28H32ClN9O2S. The van der Waals surface area contributed by atoms with Gasteiger partial charge in [0.2, 0.25) is 5.95 Å². The number of nitrogens with one attached hydrogen (secondary N) is 2. The molecular weight excluding hydrogens is 562 g/mol. The molecule has 4 heterocycles. The van der Waals surface area contributed by atoms with E-state index in [9.17, 15) is 9.59 Å². The van der Waals surface area contributed by atoms with Crippen LogP contribution in [0, 0.1) is 25.7 Å². The average Bonchev–Trinajstić information content (AvgIpc) is 3.23. The number of aryl methyl sites for hydroxylation is 2. The summed E-state index contributed by atoms with van der Waals surface area (Å²) in [7, 11) is 3.71. The zero-order valence-electron chi connectivity index (χ0n) is 23.8. The fraction of sp³-hybridized carbons (Fsp3) is 0.429. The summed E-state index contributed by atoms with van der Waals surface area (Å²) < 4.78 is 6.19. The van der Waals surface area contributed by atoms with Crippen molar-refractivity contribution in [3.8, 4) is 0 Å². The summed E-state index contributed by atoms with van der Waals surface area (Å²) >= 11 is 7.29. The van der Waals surface area contributed by atoms with E-state index in [1.165, 1.54) is 11.9 Å². The highest BCUT2D eigenvalue weighted by Gasteiger charge is 2.58. The minimum absolute atomic E-state index is 0.0859. The van der Waals surface area contributed by atoms with Crippen molar-refractivity contribution in [2.45, 2.75) is 32.7 Å². The third kappa shape index (κ3) is 4.72. The molecule has 6 rings (SSSR count). The summed E-state index contributed by atoms with van der Waals surface area (Å²) in [5, 5.41) is 12.8. The molecule has 0 bridgehead atoms. The van der Waals surface area contributed by atoms with Crippen LogP contribution in [0.25, 0.3) is 10.9 Å². The second-order valence-corrected chi connectivity index (χ2v) is 12.0. The Morgan fingerprint density at radius 3 is 2.54 bits per heavy atom. The van der Waals surface area contributed by atoms with E-state index in [1.54, 1.807) is 30.0 Å². The molecule has 2 fully saturated rings. The zero-order valence-corrected chi connectivity index (χ0v) is 25.3. The van der Waals surface area contributed by atoms with Gasteiger partial charge in [-0.3, -0.25) is 23.6 Å². The van der Waals surface area contributed by atoms with Crippen molar-refractivity contribution in [1.82, 2.24) is 34.3 Å². The number of hydrogen-bond acceptors (Lipinski definition) is 9. The maximum atomic E-state index is 13.6. The van der Waals surface area contributed by atoms with Crippen molar-refractivity contribution in [3.05, 3.63) is 68.0 Å². The van der Waals surface area contributed by atoms with Crippen molar-refractivity contribution >= 4 is 52.0 Å². The molecule has 3 unspecified atom stereocenters. The molecule has 3 aromatic heterocycles. The summed E-state index contributed by atoms with van der Waals surface area (Å²) in [4.78, 5) is 37.9. The molecule has 1 saturated carbocycles. The molecule has 1 saturated heterocycles. The van der Waals surface area contributed by atoms with E-state index in [2.05, 4.69) is 37.2 Å². The molecule has 2 aliphatic rings. The van der Waals surface area contributed by atoms with Gasteiger partial charge in [0.1, 0.15) is 5.15 Å². The van der Waals surface area contributed by atoms with Gasteiger partial charge in [0.15, 0.2) is 5.69 Å². The maximum absolute atomic E-state index is 13.6. The molecule has 1 aliphatic heterocycles. The van der Waals surface area contributed by atoms with Gasteiger partial charge in [0.05, 0.1) is 34.0 Å². The highest BCUT2D eigenvalue weighted by molar-refractivity contribution is 7.97. The average molecular weight is 594 g/mol. The Balaban J connectivity index is 1.33. The first-order chi connectivity index (χ1) is 19.6. The largest absolute Gasteiger partial charge is 0.377 e. The van der Waals surface area contributed by atoms with Crippen LogP contribution in [0.3, 0.4) is 0 Å². The van der Waals surface area contributed by atoms with E-state index >= 15 is 0 Å². The number of pyridine rings is 1. The minimum Gasteiger partial charge on any atom is -0.377 e. The van der Waals surface area contributed by atoms with Gasteiger partial charge < -0.3 is 10.2 Å². The Morgan fingerprint density at radius 1 is 1.15 bits per heavy atom. The van der Waals surface area contributed by atoms with E-state index in [0.717, 1.165) is 35.6 Å². The van der Waals surface area contributed by atoms with Crippen LogP contribution in [-0.2, 0) is 14.1 Å². The second kappa shape index (κ2) is 10.3. The SMILES string of the molecule is CSNC(=O)c1nc(Cl)ccc1NC(C)c1cc(C)cc2c(=O)n(C)c(N3CC4C(C3)C4c3nnn(C)c3C)nc12. The van der Waals surface area contributed by atoms with Gasteiger partial charge in [-0.25, -0.2) is 9.97 Å². The number of carbonyl (C=O) groups excluding carboxylic acids is 1. The Morgan fingerprint density at radius 2 is 1.88 bits per heavy atom. The Kier molecular flexibility index (Phi) is 6.93. The smallest absolute Gasteiger partial charge is 0.281 e. The summed E-state index contributed by atoms with van der Waals surface area (Å²) in [5.41, 5.74) is 5.31. The minimum atomic E-state index is -0.347. The van der Waals surface area contributed by atoms with Crippen molar-refractivity contribution in [2.24, 2.45) is 25.9 Å². The predicted octanol–water partition coefficient (Wildman–Crippen LogP) is 3.76. The Hall–Kier alpha value is -3.64. The highest BCUT2D eigenvalue weighted by Crippen LogP contribution is 2.58. The van der Waals surface area contributed by atoms with E-state index < -0.39 is 0 Å². The van der Waals surface area contributed by atoms with Crippen molar-refractivity contribution < 1.29 is 4.79 Å². The number of nitrogens with zero attached hydrogens (tertiary/aromatic N) is 7. The summed E-state index contributed by atoms with van der Waals surface area (Å²) in [6, 6.07) is 7.02. The number of amides is 1. The highest BCUT2D eigenvalue weighted by atomic mass is 35.5. The summed E-state index contributed by atoms with van der Waals surface area (Å²) in [6.45, 7) is 7.64. The fourth-order valence-corrected chi connectivity index (χ4v) is 6.58. The molecule has 2 N–H and O–H groups in total. The van der Waals surface area contributed by atoms with Gasteiger partial charge in [-0.1, -0.05) is 34.8 Å². The topological polar surface area (TPSA) is 123 Å². The van der Waals surface area contributed by atoms with Gasteiger partial charge in [0, 0.05) is 44.9 Å². The number of piperidine rings is 1. The second-order valence-electron chi connectivity index (χ2n) is 11.0. The van der Waals surface area contributed by atoms with Crippen LogP contribution in [0.4, 0.5) is 11.6 Å². The first kappa shape index (κ1) is 27.5. The molecule has 1 aromatic carbocycles. The number of fused-ring (bicyclic) bond motifs is 2. The molecule has 0 spiro atoms. The normalized spacial score (nSPS) is 20.3. The summed E-state index contributed by atoms with van der Waals surface area (Å²) in [6.07, 6.45) is 1.77. The molecule has 11 nitrogen and oxygen atoms in total. The number of hydrogen-bond donors (Lipinski definition) is 2. The first-order valence-corrected chi connectivity index (χ1v) is 15.1. The van der Waals surface area contributed by atoms with E-state index in [0.29, 0.717) is 40.3 Å². The van der Waals surface area contributed by atoms with Crippen LogP contribution < -0.4 is 20.5 Å². The Labute approximate surface area is 246 Å². The third-order valence-corrected chi connectivity index (χ3v) is 8.98. The zero-order chi connectivity index (χ0) is 29.2. The number of benzene rings is 1. The van der Waals surface area contributed by atoms with Gasteiger partial charge in [0.25, 0.3) is 11.5 Å². The van der Waals surface area contributed by atoms with Gasteiger partial charge >= 0.3 is 0 Å². The van der Waals surface area contributed by atoms with Crippen LogP contribution in [0.15, 0.2) is 29.1 Å². The number of carbonyl (C=O) groups is 1. The molecule has 41 heavy (non-hydrogen) atoms. The molecule has 1 amide bonds. The van der Waals surface area contributed by atoms with Gasteiger partial charge in [-0.15, -0.1) is 5.10 Å². The lowest BCUT2D eigenvalue weighted by Crippen LogP contribution is -2.32. The number of rotatable bonds is 7. The van der Waals surface area contributed by atoms with Crippen LogP contribution in [0.5, 0.6) is 0 Å². The molecule has 1 aliphatic carbocycles. The van der Waals surface area contributed by atoms with Crippen molar-refractivity contribution in [2.75, 3.05) is 29.6 Å². The van der Waals surface area contributed by atoms with Crippen LogP contribution in [0.2, 0.25) is 5.15 Å². The molecule has 0 radical (unpaired) electrons. The fourth-order valence-electron chi connectivity index (χ4n) is 6.15. The number of halogens is 1. The standard InChI is InChI=1S/C28H32ClN9O2S/c1-13-9-16(14(2)30-20-7-8-21(29)31-25(20)26(39)34-41-6)24-17(10-13)27(40)36(4)28(32-24)38-11-18-19(12-38)22(18)23-15(3)37(5)35-33-23/h7-10,14,18-19,22,30H,11-12H2,1-6H3,(H,34,39). The lowest BCUT2D eigenvalue weighted by atomic mass is 10.0.